The van der Waals surface area contributed by atoms with Gasteiger partial charge >= 0.3 is 0 Å². The smallest absolute Gasteiger partial charge is 0.274 e. The van der Waals surface area contributed by atoms with Gasteiger partial charge < -0.3 is 5.32 Å². The molecule has 4 nitrogen and oxygen atoms in total. The van der Waals surface area contributed by atoms with E-state index in [-0.39, 0.29) is 5.91 Å². The SMILES string of the molecule is Cc1ccc(NC(=O)c2c(C)nc3c(C)cc(Br)cn23)cc1. The molecule has 1 amide bonds. The van der Waals surface area contributed by atoms with E-state index in [4.69, 9.17) is 0 Å². The molecular formula is C17H16BrN3O. The average Bonchev–Trinajstić information content (AvgIpc) is 2.78. The standard InChI is InChI=1S/C17H16BrN3O/c1-10-4-6-14(7-5-10)20-17(22)15-12(3)19-16-11(2)8-13(18)9-21(15)16/h4-9H,1-3H3,(H,20,22). The van der Waals surface area contributed by atoms with Crippen molar-refractivity contribution in [2.45, 2.75) is 20.8 Å². The fourth-order valence-corrected chi connectivity index (χ4v) is 3.03. The topological polar surface area (TPSA) is 46.4 Å². The van der Waals surface area contributed by atoms with Crippen molar-refractivity contribution >= 4 is 33.2 Å². The second-order valence-corrected chi connectivity index (χ2v) is 6.32. The van der Waals surface area contributed by atoms with E-state index in [0.29, 0.717) is 11.4 Å². The van der Waals surface area contributed by atoms with Gasteiger partial charge in [0.25, 0.3) is 5.91 Å². The number of amides is 1. The molecule has 3 aromatic rings. The molecule has 0 unspecified atom stereocenters. The molecule has 0 aliphatic rings. The van der Waals surface area contributed by atoms with E-state index in [1.54, 1.807) is 0 Å². The van der Waals surface area contributed by atoms with Gasteiger partial charge in [-0.3, -0.25) is 9.20 Å². The van der Waals surface area contributed by atoms with Gasteiger partial charge in [-0.2, -0.15) is 0 Å². The zero-order valence-corrected chi connectivity index (χ0v) is 14.2. The van der Waals surface area contributed by atoms with Crippen molar-refractivity contribution in [1.29, 1.82) is 0 Å². The summed E-state index contributed by atoms with van der Waals surface area (Å²) in [6, 6.07) is 9.72. The lowest BCUT2D eigenvalue weighted by molar-refractivity contribution is 0.102. The van der Waals surface area contributed by atoms with E-state index in [2.05, 4.69) is 26.2 Å². The summed E-state index contributed by atoms with van der Waals surface area (Å²) < 4.78 is 2.75. The van der Waals surface area contributed by atoms with Crippen LogP contribution >= 0.6 is 15.9 Å². The Morgan fingerprint density at radius 1 is 1.18 bits per heavy atom. The third-order valence-corrected chi connectivity index (χ3v) is 4.00. The summed E-state index contributed by atoms with van der Waals surface area (Å²) in [6.45, 7) is 5.85. The van der Waals surface area contributed by atoms with Crippen molar-refractivity contribution in [1.82, 2.24) is 9.38 Å². The summed E-state index contributed by atoms with van der Waals surface area (Å²) in [5.74, 6) is -0.161. The number of fused-ring (bicyclic) bond motifs is 1. The number of nitrogens with one attached hydrogen (secondary N) is 1. The van der Waals surface area contributed by atoms with Gasteiger partial charge in [-0.05, 0) is 60.5 Å². The first-order valence-electron chi connectivity index (χ1n) is 6.98. The molecule has 3 rings (SSSR count). The second-order valence-electron chi connectivity index (χ2n) is 5.40. The van der Waals surface area contributed by atoms with Gasteiger partial charge in [0.1, 0.15) is 11.3 Å². The Morgan fingerprint density at radius 3 is 2.55 bits per heavy atom. The summed E-state index contributed by atoms with van der Waals surface area (Å²) in [7, 11) is 0. The van der Waals surface area contributed by atoms with E-state index in [1.165, 1.54) is 0 Å². The van der Waals surface area contributed by atoms with Crippen molar-refractivity contribution in [2.24, 2.45) is 0 Å². The number of benzene rings is 1. The third-order valence-electron chi connectivity index (χ3n) is 3.57. The highest BCUT2D eigenvalue weighted by molar-refractivity contribution is 9.10. The molecule has 2 aromatic heterocycles. The molecule has 22 heavy (non-hydrogen) atoms. The van der Waals surface area contributed by atoms with Crippen LogP contribution < -0.4 is 5.32 Å². The first-order valence-corrected chi connectivity index (χ1v) is 7.78. The minimum atomic E-state index is -0.161. The number of halogens is 1. The minimum Gasteiger partial charge on any atom is -0.321 e. The normalized spacial score (nSPS) is 10.9. The summed E-state index contributed by atoms with van der Waals surface area (Å²) in [5, 5.41) is 2.93. The predicted octanol–water partition coefficient (Wildman–Crippen LogP) is 4.27. The van der Waals surface area contributed by atoms with E-state index in [9.17, 15) is 4.79 Å². The largest absolute Gasteiger partial charge is 0.321 e. The zero-order chi connectivity index (χ0) is 15.9. The van der Waals surface area contributed by atoms with Gasteiger partial charge in [-0.25, -0.2) is 4.98 Å². The van der Waals surface area contributed by atoms with E-state index < -0.39 is 0 Å². The lowest BCUT2D eigenvalue weighted by Gasteiger charge is -2.07. The lowest BCUT2D eigenvalue weighted by atomic mass is 10.2. The molecule has 0 bridgehead atoms. The van der Waals surface area contributed by atoms with Gasteiger partial charge in [0, 0.05) is 16.4 Å². The van der Waals surface area contributed by atoms with Crippen LogP contribution in [0, 0.1) is 20.8 Å². The molecule has 2 heterocycles. The lowest BCUT2D eigenvalue weighted by Crippen LogP contribution is -2.15. The number of carbonyl (C=O) groups excluding carboxylic acids is 1. The molecule has 0 atom stereocenters. The number of pyridine rings is 1. The highest BCUT2D eigenvalue weighted by atomic mass is 79.9. The van der Waals surface area contributed by atoms with Gasteiger partial charge in [0.2, 0.25) is 0 Å². The van der Waals surface area contributed by atoms with Crippen LogP contribution in [0.1, 0.15) is 27.3 Å². The summed E-state index contributed by atoms with van der Waals surface area (Å²) in [6.07, 6.45) is 1.87. The maximum absolute atomic E-state index is 12.6. The van der Waals surface area contributed by atoms with Gasteiger partial charge in [0.15, 0.2) is 0 Å². The van der Waals surface area contributed by atoms with Gasteiger partial charge in [-0.15, -0.1) is 0 Å². The van der Waals surface area contributed by atoms with Crippen LogP contribution in [0.5, 0.6) is 0 Å². The van der Waals surface area contributed by atoms with Crippen molar-refractivity contribution in [2.75, 3.05) is 5.32 Å². The molecule has 0 saturated heterocycles. The Morgan fingerprint density at radius 2 is 1.86 bits per heavy atom. The van der Waals surface area contributed by atoms with Crippen LogP contribution in [0.4, 0.5) is 5.69 Å². The Bertz CT molecular complexity index is 866. The number of carbonyl (C=O) groups is 1. The molecule has 1 aromatic carbocycles. The van der Waals surface area contributed by atoms with Crippen molar-refractivity contribution in [3.05, 3.63) is 63.5 Å². The molecule has 0 aliphatic carbocycles. The van der Waals surface area contributed by atoms with Gasteiger partial charge in [0.05, 0.1) is 5.69 Å². The molecular weight excluding hydrogens is 342 g/mol. The average molecular weight is 358 g/mol. The number of aryl methyl sites for hydroxylation is 3. The van der Waals surface area contributed by atoms with Crippen LogP contribution in [-0.2, 0) is 0 Å². The highest BCUT2D eigenvalue weighted by Crippen LogP contribution is 2.21. The van der Waals surface area contributed by atoms with Crippen molar-refractivity contribution < 1.29 is 4.79 Å². The number of hydrogen-bond acceptors (Lipinski definition) is 2. The van der Waals surface area contributed by atoms with E-state index >= 15 is 0 Å². The predicted molar refractivity (Wildman–Crippen MR) is 91.5 cm³/mol. The first kappa shape index (κ1) is 14.8. The summed E-state index contributed by atoms with van der Waals surface area (Å²) >= 11 is 3.47. The van der Waals surface area contributed by atoms with Crippen LogP contribution in [0.25, 0.3) is 5.65 Å². The summed E-state index contributed by atoms with van der Waals surface area (Å²) in [4.78, 5) is 17.1. The molecule has 0 aliphatic heterocycles. The third kappa shape index (κ3) is 2.64. The molecule has 0 saturated carbocycles. The van der Waals surface area contributed by atoms with E-state index in [1.807, 2.05) is 61.7 Å². The molecule has 112 valence electrons. The van der Waals surface area contributed by atoms with Crippen molar-refractivity contribution in [3.8, 4) is 0 Å². The van der Waals surface area contributed by atoms with Crippen LogP contribution in [0.15, 0.2) is 41.0 Å². The van der Waals surface area contributed by atoms with Crippen LogP contribution in [0.2, 0.25) is 0 Å². The molecule has 0 fully saturated rings. The number of imidazole rings is 1. The second kappa shape index (κ2) is 5.57. The Balaban J connectivity index is 2.03. The van der Waals surface area contributed by atoms with E-state index in [0.717, 1.165) is 26.9 Å². The monoisotopic (exact) mass is 357 g/mol. The van der Waals surface area contributed by atoms with Crippen LogP contribution in [0.3, 0.4) is 0 Å². The maximum Gasteiger partial charge on any atom is 0.274 e. The maximum atomic E-state index is 12.6. The quantitative estimate of drug-likeness (QED) is 0.744. The minimum absolute atomic E-state index is 0.161. The molecule has 0 radical (unpaired) electrons. The Hall–Kier alpha value is -2.14. The highest BCUT2D eigenvalue weighted by Gasteiger charge is 2.18. The summed E-state index contributed by atoms with van der Waals surface area (Å²) in [5.41, 5.74) is 5.02. The fourth-order valence-electron chi connectivity index (χ4n) is 2.48. The van der Waals surface area contributed by atoms with Crippen LogP contribution in [-0.4, -0.2) is 15.3 Å². The van der Waals surface area contributed by atoms with Crippen molar-refractivity contribution in [3.63, 3.8) is 0 Å². The fraction of sp³-hybridized carbons (Fsp3) is 0.176. The first-order chi connectivity index (χ1) is 10.5. The number of aromatic nitrogens is 2. The number of hydrogen-bond donors (Lipinski definition) is 1. The molecule has 1 N–H and O–H groups in total. The molecule has 0 spiro atoms. The number of nitrogens with zero attached hydrogens (tertiary/aromatic N) is 2. The Labute approximate surface area is 137 Å². The van der Waals surface area contributed by atoms with Gasteiger partial charge in [-0.1, -0.05) is 17.7 Å². The number of rotatable bonds is 2. The molecule has 5 heteroatoms. The number of anilines is 1. The Kier molecular flexibility index (Phi) is 3.74. The zero-order valence-electron chi connectivity index (χ0n) is 12.6.